The fourth-order valence-corrected chi connectivity index (χ4v) is 2.15. The summed E-state index contributed by atoms with van der Waals surface area (Å²) in [6, 6.07) is 8.78. The largest absolute Gasteiger partial charge is 0.247 e. The second kappa shape index (κ2) is 4.25. The summed E-state index contributed by atoms with van der Waals surface area (Å²) in [6.07, 6.45) is -4.67. The summed E-state index contributed by atoms with van der Waals surface area (Å²) in [6.45, 7) is 0. The smallest absolute Gasteiger partial charge is 0.138 e. The number of rotatable bonds is 1. The lowest BCUT2D eigenvalue weighted by Gasteiger charge is -2.31. The van der Waals surface area contributed by atoms with Gasteiger partial charge in [-0.05, 0) is 12.0 Å². The zero-order valence-corrected chi connectivity index (χ0v) is 8.24. The molecule has 1 aliphatic carbocycles. The molecule has 0 bridgehead atoms. The van der Waals surface area contributed by atoms with Gasteiger partial charge in [-0.25, -0.2) is 13.2 Å². The third-order valence-corrected chi connectivity index (χ3v) is 2.95. The first-order valence-corrected chi connectivity index (χ1v) is 5.15. The molecule has 0 unspecified atom stereocenters. The number of hydrogen-bond donors (Lipinski definition) is 0. The molecule has 0 saturated heterocycles. The van der Waals surface area contributed by atoms with Crippen LogP contribution in [-0.2, 0) is 0 Å². The highest BCUT2D eigenvalue weighted by Crippen LogP contribution is 2.37. The van der Waals surface area contributed by atoms with Crippen LogP contribution in [0.25, 0.3) is 0 Å². The maximum absolute atomic E-state index is 13.6. The molecule has 82 valence electrons. The van der Waals surface area contributed by atoms with Crippen molar-refractivity contribution in [2.24, 2.45) is 0 Å². The minimum absolute atomic E-state index is 0.0889. The average molecular weight is 214 g/mol. The van der Waals surface area contributed by atoms with Crippen molar-refractivity contribution in [3.8, 4) is 0 Å². The molecule has 1 aliphatic rings. The topological polar surface area (TPSA) is 0 Å². The summed E-state index contributed by atoms with van der Waals surface area (Å²) < 4.78 is 39.8. The van der Waals surface area contributed by atoms with Crippen LogP contribution in [0, 0.1) is 0 Å². The number of benzene rings is 1. The van der Waals surface area contributed by atoms with Gasteiger partial charge in [-0.15, -0.1) is 0 Å². The van der Waals surface area contributed by atoms with Crippen LogP contribution in [-0.4, -0.2) is 18.5 Å². The number of hydrogen-bond acceptors (Lipinski definition) is 0. The van der Waals surface area contributed by atoms with Gasteiger partial charge in [-0.3, -0.25) is 0 Å². The highest BCUT2D eigenvalue weighted by atomic mass is 19.2. The molecule has 1 fully saturated rings. The van der Waals surface area contributed by atoms with E-state index in [1.54, 1.807) is 30.3 Å². The van der Waals surface area contributed by atoms with E-state index in [1.165, 1.54) is 0 Å². The third-order valence-electron chi connectivity index (χ3n) is 2.95. The second-order valence-electron chi connectivity index (χ2n) is 4.05. The maximum Gasteiger partial charge on any atom is 0.138 e. The van der Waals surface area contributed by atoms with Crippen LogP contribution in [0.15, 0.2) is 30.3 Å². The molecule has 3 heteroatoms. The van der Waals surface area contributed by atoms with Crippen LogP contribution in [0.1, 0.15) is 24.3 Å². The molecule has 1 aromatic carbocycles. The summed E-state index contributed by atoms with van der Waals surface area (Å²) >= 11 is 0. The molecular weight excluding hydrogens is 201 g/mol. The van der Waals surface area contributed by atoms with Crippen molar-refractivity contribution in [2.45, 2.75) is 37.3 Å². The minimum atomic E-state index is -1.67. The van der Waals surface area contributed by atoms with Crippen LogP contribution in [0.4, 0.5) is 13.2 Å². The highest BCUT2D eigenvalue weighted by Gasteiger charge is 2.39. The molecule has 0 spiro atoms. The lowest BCUT2D eigenvalue weighted by molar-refractivity contribution is 0.0542. The fraction of sp³-hybridized carbons (Fsp3) is 0.500. The Hall–Kier alpha value is -0.990. The number of alkyl halides is 3. The van der Waals surface area contributed by atoms with Crippen molar-refractivity contribution in [3.05, 3.63) is 35.9 Å². The first-order chi connectivity index (χ1) is 7.18. The van der Waals surface area contributed by atoms with E-state index in [0.717, 1.165) is 0 Å². The van der Waals surface area contributed by atoms with Crippen molar-refractivity contribution in [1.82, 2.24) is 0 Å². The molecule has 15 heavy (non-hydrogen) atoms. The van der Waals surface area contributed by atoms with E-state index in [1.807, 2.05) is 0 Å². The van der Waals surface area contributed by atoms with Crippen LogP contribution >= 0.6 is 0 Å². The van der Waals surface area contributed by atoms with Crippen molar-refractivity contribution in [3.63, 3.8) is 0 Å². The zero-order chi connectivity index (χ0) is 10.8. The normalized spacial score (nSPS) is 36.5. The van der Waals surface area contributed by atoms with Crippen molar-refractivity contribution >= 4 is 0 Å². The Morgan fingerprint density at radius 3 is 2.27 bits per heavy atom. The van der Waals surface area contributed by atoms with Gasteiger partial charge < -0.3 is 0 Å². The van der Waals surface area contributed by atoms with Gasteiger partial charge in [-0.1, -0.05) is 30.3 Å². The van der Waals surface area contributed by atoms with E-state index in [0.29, 0.717) is 5.56 Å². The lowest BCUT2D eigenvalue weighted by Crippen LogP contribution is -2.35. The quantitative estimate of drug-likeness (QED) is 0.670. The van der Waals surface area contributed by atoms with Gasteiger partial charge in [0.25, 0.3) is 0 Å². The second-order valence-corrected chi connectivity index (χ2v) is 4.05. The predicted molar refractivity (Wildman–Crippen MR) is 53.1 cm³/mol. The molecular formula is C12H13F3. The fourth-order valence-electron chi connectivity index (χ4n) is 2.15. The molecule has 2 rings (SSSR count). The van der Waals surface area contributed by atoms with Crippen molar-refractivity contribution in [1.29, 1.82) is 0 Å². The molecule has 0 radical (unpaired) electrons. The zero-order valence-electron chi connectivity index (χ0n) is 8.24. The summed E-state index contributed by atoms with van der Waals surface area (Å²) in [5.74, 6) is -0.634. The van der Waals surface area contributed by atoms with Crippen molar-refractivity contribution in [2.75, 3.05) is 0 Å². The predicted octanol–water partition coefficient (Wildman–Crippen LogP) is 3.58. The molecule has 4 atom stereocenters. The molecule has 0 aromatic heterocycles. The standard InChI is InChI=1S/C12H13F3/c13-9-6-10(12(15)11(14)7-9)8-4-2-1-3-5-8/h1-5,9-12H,6-7H2/t9-,10-,11-,12+/m1/s1. The van der Waals surface area contributed by atoms with Gasteiger partial charge in [0.1, 0.15) is 18.5 Å². The lowest BCUT2D eigenvalue weighted by atomic mass is 9.81. The van der Waals surface area contributed by atoms with E-state index in [-0.39, 0.29) is 12.8 Å². The Morgan fingerprint density at radius 1 is 0.933 bits per heavy atom. The van der Waals surface area contributed by atoms with Crippen LogP contribution in [0.5, 0.6) is 0 Å². The van der Waals surface area contributed by atoms with Gasteiger partial charge in [0, 0.05) is 12.3 Å². The van der Waals surface area contributed by atoms with E-state index in [4.69, 9.17) is 0 Å². The molecule has 1 aromatic rings. The minimum Gasteiger partial charge on any atom is -0.247 e. The first-order valence-electron chi connectivity index (χ1n) is 5.15. The van der Waals surface area contributed by atoms with Crippen LogP contribution in [0.2, 0.25) is 0 Å². The van der Waals surface area contributed by atoms with Gasteiger partial charge >= 0.3 is 0 Å². The van der Waals surface area contributed by atoms with Crippen molar-refractivity contribution < 1.29 is 13.2 Å². The van der Waals surface area contributed by atoms with Gasteiger partial charge in [0.15, 0.2) is 0 Å². The molecule has 0 heterocycles. The summed E-state index contributed by atoms with van der Waals surface area (Å²) in [4.78, 5) is 0. The monoisotopic (exact) mass is 214 g/mol. The molecule has 0 nitrogen and oxygen atoms in total. The Morgan fingerprint density at radius 2 is 1.60 bits per heavy atom. The summed E-state index contributed by atoms with van der Waals surface area (Å²) in [7, 11) is 0. The Bertz CT molecular complexity index is 312. The van der Waals surface area contributed by atoms with E-state index < -0.39 is 24.4 Å². The molecule has 0 amide bonds. The number of halogens is 3. The van der Waals surface area contributed by atoms with Crippen LogP contribution < -0.4 is 0 Å². The average Bonchev–Trinajstić information content (AvgIpc) is 2.24. The first kappa shape index (κ1) is 10.5. The summed E-state index contributed by atoms with van der Waals surface area (Å²) in [5, 5.41) is 0. The Kier molecular flexibility index (Phi) is 2.98. The van der Waals surface area contributed by atoms with Gasteiger partial charge in [0.2, 0.25) is 0 Å². The highest BCUT2D eigenvalue weighted by molar-refractivity contribution is 5.22. The van der Waals surface area contributed by atoms with E-state index >= 15 is 0 Å². The van der Waals surface area contributed by atoms with Crippen LogP contribution in [0.3, 0.4) is 0 Å². The van der Waals surface area contributed by atoms with E-state index in [9.17, 15) is 13.2 Å². The maximum atomic E-state index is 13.6. The SMILES string of the molecule is F[C@H]1C[C@@H](F)[C@@H](F)[C@@H](c2ccccc2)C1. The summed E-state index contributed by atoms with van der Waals surface area (Å²) in [5.41, 5.74) is 0.690. The van der Waals surface area contributed by atoms with Gasteiger partial charge in [-0.2, -0.15) is 0 Å². The molecule has 0 aliphatic heterocycles. The third kappa shape index (κ3) is 2.16. The Balaban J connectivity index is 2.20. The molecule has 0 N–H and O–H groups in total. The van der Waals surface area contributed by atoms with Gasteiger partial charge in [0.05, 0.1) is 0 Å². The molecule has 1 saturated carbocycles. The van der Waals surface area contributed by atoms with E-state index in [2.05, 4.69) is 0 Å². The Labute approximate surface area is 87.1 Å².